The third-order valence-corrected chi connectivity index (χ3v) is 7.55. The molecule has 0 atom stereocenters. The van der Waals surface area contributed by atoms with Crippen LogP contribution in [0.1, 0.15) is 88.2 Å². The Morgan fingerprint density at radius 3 is 2.36 bits per heavy atom. The third-order valence-electron chi connectivity index (χ3n) is 7.55. The van der Waals surface area contributed by atoms with Crippen LogP contribution in [0.2, 0.25) is 0 Å². The predicted molar refractivity (Wildman–Crippen MR) is 134 cm³/mol. The number of carboxylic acid groups (broad SMARTS) is 1. The number of carboxylic acids is 1. The van der Waals surface area contributed by atoms with Crippen molar-refractivity contribution in [3.63, 3.8) is 0 Å². The molecule has 1 fully saturated rings. The number of carbonyl (C=O) groups excluding carboxylic acids is 1. The van der Waals surface area contributed by atoms with E-state index in [1.165, 1.54) is 35.1 Å². The molecular weight excluding hydrogens is 410 g/mol. The number of hydrogen-bond acceptors (Lipinski definition) is 2. The molecule has 176 valence electrons. The van der Waals surface area contributed by atoms with Gasteiger partial charge in [-0.15, -0.1) is 0 Å². The van der Waals surface area contributed by atoms with Gasteiger partial charge in [-0.25, -0.2) is 0 Å². The van der Waals surface area contributed by atoms with Crippen LogP contribution >= 0.6 is 0 Å². The minimum atomic E-state index is -0.670. The summed E-state index contributed by atoms with van der Waals surface area (Å²) in [4.78, 5) is 25.6. The van der Waals surface area contributed by atoms with Gasteiger partial charge in [-0.05, 0) is 84.7 Å². The van der Waals surface area contributed by atoms with Crippen LogP contribution in [0.3, 0.4) is 0 Å². The van der Waals surface area contributed by atoms with Gasteiger partial charge in [0.25, 0.3) is 0 Å². The number of hydrogen-bond donors (Lipinski definition) is 1. The van der Waals surface area contributed by atoms with Gasteiger partial charge in [0.1, 0.15) is 0 Å². The van der Waals surface area contributed by atoms with Crippen molar-refractivity contribution in [3.8, 4) is 11.1 Å². The summed E-state index contributed by atoms with van der Waals surface area (Å²) in [6.07, 6.45) is 10.6. The molecule has 1 N–H and O–H groups in total. The van der Waals surface area contributed by atoms with E-state index in [1.807, 2.05) is 4.90 Å². The lowest BCUT2D eigenvalue weighted by molar-refractivity contribution is -0.138. The number of benzene rings is 2. The molecule has 2 aromatic rings. The van der Waals surface area contributed by atoms with E-state index in [9.17, 15) is 9.59 Å². The molecular formula is C29H37NO3. The number of unbranched alkanes of at least 4 members (excludes halogenated alkanes) is 3. The molecule has 0 saturated heterocycles. The number of carbonyl (C=O) groups is 2. The summed E-state index contributed by atoms with van der Waals surface area (Å²) in [5.41, 5.74) is 6.16. The number of fused-ring (bicyclic) bond motifs is 1. The molecule has 0 aromatic heterocycles. The number of anilines is 1. The van der Waals surface area contributed by atoms with E-state index in [4.69, 9.17) is 5.11 Å². The van der Waals surface area contributed by atoms with Crippen molar-refractivity contribution in [2.75, 3.05) is 11.4 Å². The van der Waals surface area contributed by atoms with Gasteiger partial charge in [0, 0.05) is 25.1 Å². The Kier molecular flexibility index (Phi) is 7.85. The average molecular weight is 448 g/mol. The highest BCUT2D eigenvalue weighted by Gasteiger charge is 2.25. The topological polar surface area (TPSA) is 57.6 Å². The highest BCUT2D eigenvalue weighted by Crippen LogP contribution is 2.38. The molecule has 0 bridgehead atoms. The zero-order chi connectivity index (χ0) is 23.2. The van der Waals surface area contributed by atoms with E-state index in [1.54, 1.807) is 0 Å². The maximum atomic E-state index is 12.7. The molecule has 1 aliphatic heterocycles. The van der Waals surface area contributed by atoms with Crippen LogP contribution in [0, 0.1) is 5.92 Å². The first-order chi connectivity index (χ1) is 16.0. The molecule has 4 nitrogen and oxygen atoms in total. The monoisotopic (exact) mass is 447 g/mol. The fourth-order valence-electron chi connectivity index (χ4n) is 5.57. The summed E-state index contributed by atoms with van der Waals surface area (Å²) in [6.45, 7) is 2.99. The Morgan fingerprint density at radius 2 is 1.67 bits per heavy atom. The summed E-state index contributed by atoms with van der Waals surface area (Å²) in [5.74, 6) is 0.477. The maximum Gasteiger partial charge on any atom is 0.303 e. The van der Waals surface area contributed by atoms with Crippen LogP contribution in [-0.4, -0.2) is 23.5 Å². The quantitative estimate of drug-likeness (QED) is 0.423. The summed E-state index contributed by atoms with van der Waals surface area (Å²) in [7, 11) is 0. The smallest absolute Gasteiger partial charge is 0.303 e. The van der Waals surface area contributed by atoms with E-state index in [0.29, 0.717) is 24.7 Å². The van der Waals surface area contributed by atoms with Crippen molar-refractivity contribution < 1.29 is 14.7 Å². The second-order valence-electron chi connectivity index (χ2n) is 9.89. The van der Waals surface area contributed by atoms with Crippen LogP contribution in [0.4, 0.5) is 5.69 Å². The minimum absolute atomic E-state index is 0.264. The van der Waals surface area contributed by atoms with E-state index in [-0.39, 0.29) is 5.91 Å². The van der Waals surface area contributed by atoms with Crippen LogP contribution in [0.25, 0.3) is 11.1 Å². The lowest BCUT2D eigenvalue weighted by Gasteiger charge is -2.28. The summed E-state index contributed by atoms with van der Waals surface area (Å²) >= 11 is 0. The van der Waals surface area contributed by atoms with Crippen molar-refractivity contribution in [1.29, 1.82) is 0 Å². The number of amides is 1. The molecule has 0 spiro atoms. The Morgan fingerprint density at radius 1 is 0.939 bits per heavy atom. The number of nitrogens with zero attached hydrogens (tertiary/aromatic N) is 1. The SMILES string of the molecule is CCCCCCC(=O)N1CCc2cc(-c3ccc(C4CCC(CC(=O)O)CC4)cc3)ccc21. The molecule has 1 saturated carbocycles. The highest BCUT2D eigenvalue weighted by atomic mass is 16.4. The Balaban J connectivity index is 1.37. The lowest BCUT2D eigenvalue weighted by Crippen LogP contribution is -2.28. The van der Waals surface area contributed by atoms with Gasteiger partial charge in [0.2, 0.25) is 5.91 Å². The second-order valence-corrected chi connectivity index (χ2v) is 9.89. The molecule has 33 heavy (non-hydrogen) atoms. The molecule has 2 aromatic carbocycles. The zero-order valence-electron chi connectivity index (χ0n) is 19.9. The van der Waals surface area contributed by atoms with Crippen molar-refractivity contribution in [1.82, 2.24) is 0 Å². The summed E-state index contributed by atoms with van der Waals surface area (Å²) in [6, 6.07) is 15.4. The Bertz CT molecular complexity index is 957. The van der Waals surface area contributed by atoms with Gasteiger partial charge in [-0.2, -0.15) is 0 Å². The van der Waals surface area contributed by atoms with Crippen LogP contribution < -0.4 is 4.90 Å². The first-order valence-electron chi connectivity index (χ1n) is 12.8. The van der Waals surface area contributed by atoms with Crippen molar-refractivity contribution in [3.05, 3.63) is 53.6 Å². The fraction of sp³-hybridized carbons (Fsp3) is 0.517. The van der Waals surface area contributed by atoms with Gasteiger partial charge in [0.15, 0.2) is 0 Å². The first kappa shape index (κ1) is 23.5. The van der Waals surface area contributed by atoms with Crippen molar-refractivity contribution >= 4 is 17.6 Å². The second kappa shape index (κ2) is 11.0. The zero-order valence-corrected chi connectivity index (χ0v) is 19.9. The summed E-state index contributed by atoms with van der Waals surface area (Å²) in [5, 5.41) is 9.02. The molecule has 4 heteroatoms. The molecule has 2 aliphatic rings. The van der Waals surface area contributed by atoms with Crippen LogP contribution in [-0.2, 0) is 16.0 Å². The largest absolute Gasteiger partial charge is 0.481 e. The van der Waals surface area contributed by atoms with Gasteiger partial charge >= 0.3 is 5.97 Å². The van der Waals surface area contributed by atoms with Crippen molar-refractivity contribution in [2.45, 2.75) is 83.5 Å². The van der Waals surface area contributed by atoms with E-state index < -0.39 is 5.97 Å². The van der Waals surface area contributed by atoms with Gasteiger partial charge in [-0.1, -0.05) is 56.5 Å². The first-order valence-corrected chi connectivity index (χ1v) is 12.8. The molecule has 4 rings (SSSR count). The van der Waals surface area contributed by atoms with Gasteiger partial charge < -0.3 is 10.0 Å². The highest BCUT2D eigenvalue weighted by molar-refractivity contribution is 5.95. The van der Waals surface area contributed by atoms with Crippen LogP contribution in [0.15, 0.2) is 42.5 Å². The molecule has 1 aliphatic carbocycles. The predicted octanol–water partition coefficient (Wildman–Crippen LogP) is 6.96. The lowest BCUT2D eigenvalue weighted by atomic mass is 9.77. The summed E-state index contributed by atoms with van der Waals surface area (Å²) < 4.78 is 0. The maximum absolute atomic E-state index is 12.7. The Hall–Kier alpha value is -2.62. The third kappa shape index (κ3) is 5.85. The minimum Gasteiger partial charge on any atom is -0.481 e. The van der Waals surface area contributed by atoms with Crippen molar-refractivity contribution in [2.24, 2.45) is 5.92 Å². The standard InChI is InChI=1S/C29H37NO3/c1-2-3-4-5-6-28(31)30-18-17-26-20-25(15-16-27(26)30)24-13-11-23(12-14-24)22-9-7-21(8-10-22)19-29(32)33/h11-16,20-22H,2-10,17-19H2,1H3,(H,32,33). The molecule has 1 amide bonds. The Labute approximate surface area is 198 Å². The fourth-order valence-corrected chi connectivity index (χ4v) is 5.57. The molecule has 0 radical (unpaired) electrons. The van der Waals surface area contributed by atoms with E-state index in [0.717, 1.165) is 57.2 Å². The number of rotatable bonds is 9. The molecule has 0 unspecified atom stereocenters. The number of aliphatic carboxylic acids is 1. The normalized spacial score (nSPS) is 20.0. The van der Waals surface area contributed by atoms with Crippen LogP contribution in [0.5, 0.6) is 0 Å². The van der Waals surface area contributed by atoms with E-state index in [2.05, 4.69) is 49.4 Å². The molecule has 1 heterocycles. The van der Waals surface area contributed by atoms with E-state index >= 15 is 0 Å². The van der Waals surface area contributed by atoms with Gasteiger partial charge in [0.05, 0.1) is 0 Å². The van der Waals surface area contributed by atoms with Gasteiger partial charge in [-0.3, -0.25) is 9.59 Å². The average Bonchev–Trinajstić information content (AvgIpc) is 3.25.